The number of ether oxygens (including phenoxy) is 1. The second-order valence-electron chi connectivity index (χ2n) is 6.61. The summed E-state index contributed by atoms with van der Waals surface area (Å²) in [4.78, 5) is 2.65. The minimum Gasteiger partial charge on any atom is -0.378 e. The molecule has 2 fully saturated rings. The van der Waals surface area contributed by atoms with Crippen LogP contribution in [0.15, 0.2) is 0 Å². The zero-order chi connectivity index (χ0) is 13.7. The van der Waals surface area contributed by atoms with E-state index in [1.54, 1.807) is 0 Å². The molecule has 0 radical (unpaired) electrons. The van der Waals surface area contributed by atoms with Gasteiger partial charge in [-0.2, -0.15) is 0 Å². The van der Waals surface area contributed by atoms with E-state index in [0.29, 0.717) is 6.10 Å². The summed E-state index contributed by atoms with van der Waals surface area (Å²) in [6.45, 7) is 8.73. The highest BCUT2D eigenvalue weighted by molar-refractivity contribution is 4.95. The Morgan fingerprint density at radius 3 is 2.53 bits per heavy atom. The maximum atomic E-state index is 6.17. The zero-order valence-corrected chi connectivity index (χ0v) is 12.9. The van der Waals surface area contributed by atoms with Gasteiger partial charge in [-0.15, -0.1) is 0 Å². The number of hydrogen-bond acceptors (Lipinski definition) is 3. The van der Waals surface area contributed by atoms with Crippen molar-refractivity contribution in [3.05, 3.63) is 0 Å². The van der Waals surface area contributed by atoms with Gasteiger partial charge in [0.2, 0.25) is 0 Å². The highest BCUT2D eigenvalue weighted by Crippen LogP contribution is 2.36. The van der Waals surface area contributed by atoms with Crippen LogP contribution in [-0.4, -0.2) is 42.8 Å². The Labute approximate surface area is 118 Å². The molecule has 1 heterocycles. The van der Waals surface area contributed by atoms with Crippen LogP contribution in [0.1, 0.15) is 58.8 Å². The molecule has 0 aromatic carbocycles. The lowest BCUT2D eigenvalue weighted by molar-refractivity contribution is 0.0287. The first-order chi connectivity index (χ1) is 9.20. The predicted octanol–water partition coefficient (Wildman–Crippen LogP) is 2.79. The fourth-order valence-corrected chi connectivity index (χ4v) is 3.85. The Kier molecular flexibility index (Phi) is 5.67. The second-order valence-corrected chi connectivity index (χ2v) is 6.61. The largest absolute Gasteiger partial charge is 0.378 e. The number of likely N-dealkylation sites (N-methyl/N-ethyl adjacent to an activating group) is 1. The van der Waals surface area contributed by atoms with Gasteiger partial charge < -0.3 is 10.5 Å². The molecule has 3 nitrogen and oxygen atoms in total. The molecule has 3 heteroatoms. The highest BCUT2D eigenvalue weighted by Gasteiger charge is 2.37. The van der Waals surface area contributed by atoms with Crippen LogP contribution in [0, 0.1) is 5.92 Å². The molecule has 112 valence electrons. The van der Waals surface area contributed by atoms with Crippen molar-refractivity contribution < 1.29 is 4.74 Å². The van der Waals surface area contributed by atoms with E-state index in [0.717, 1.165) is 32.2 Å². The van der Waals surface area contributed by atoms with Crippen molar-refractivity contribution in [3.8, 4) is 0 Å². The van der Waals surface area contributed by atoms with Gasteiger partial charge in [0.05, 0.1) is 6.10 Å². The summed E-state index contributed by atoms with van der Waals surface area (Å²) >= 11 is 0. The van der Waals surface area contributed by atoms with Crippen molar-refractivity contribution in [2.24, 2.45) is 11.7 Å². The SMILES string of the molecule is CCN(CCC1CCCO1)C1(CN)CCC(C)CC1. The van der Waals surface area contributed by atoms with Crippen molar-refractivity contribution in [1.82, 2.24) is 4.90 Å². The quantitative estimate of drug-likeness (QED) is 0.805. The van der Waals surface area contributed by atoms with Gasteiger partial charge in [-0.1, -0.05) is 13.8 Å². The van der Waals surface area contributed by atoms with E-state index in [9.17, 15) is 0 Å². The minimum absolute atomic E-state index is 0.278. The van der Waals surface area contributed by atoms with Crippen molar-refractivity contribution >= 4 is 0 Å². The van der Waals surface area contributed by atoms with Gasteiger partial charge in [-0.25, -0.2) is 0 Å². The van der Waals surface area contributed by atoms with E-state index >= 15 is 0 Å². The second kappa shape index (κ2) is 7.05. The van der Waals surface area contributed by atoms with Crippen molar-refractivity contribution in [2.45, 2.75) is 70.4 Å². The van der Waals surface area contributed by atoms with E-state index in [2.05, 4.69) is 18.7 Å². The average Bonchev–Trinajstić information content (AvgIpc) is 2.95. The molecule has 1 atom stereocenters. The zero-order valence-electron chi connectivity index (χ0n) is 12.9. The molecule has 19 heavy (non-hydrogen) atoms. The van der Waals surface area contributed by atoms with Crippen LogP contribution in [-0.2, 0) is 4.74 Å². The molecular formula is C16H32N2O. The smallest absolute Gasteiger partial charge is 0.0588 e. The summed E-state index contributed by atoms with van der Waals surface area (Å²) in [5.74, 6) is 0.886. The number of nitrogens with zero attached hydrogens (tertiary/aromatic N) is 1. The summed E-state index contributed by atoms with van der Waals surface area (Å²) in [5, 5.41) is 0. The lowest BCUT2D eigenvalue weighted by atomic mass is 9.76. The maximum absolute atomic E-state index is 6.17. The Morgan fingerprint density at radius 2 is 2.00 bits per heavy atom. The maximum Gasteiger partial charge on any atom is 0.0588 e. The lowest BCUT2D eigenvalue weighted by Gasteiger charge is -2.47. The third-order valence-electron chi connectivity index (χ3n) is 5.38. The first-order valence-electron chi connectivity index (χ1n) is 8.27. The van der Waals surface area contributed by atoms with Crippen LogP contribution in [0.3, 0.4) is 0 Å². The molecule has 1 saturated carbocycles. The van der Waals surface area contributed by atoms with Crippen molar-refractivity contribution in [2.75, 3.05) is 26.2 Å². The molecule has 0 amide bonds. The van der Waals surface area contributed by atoms with E-state index in [-0.39, 0.29) is 5.54 Å². The fraction of sp³-hybridized carbons (Fsp3) is 1.00. The summed E-state index contributed by atoms with van der Waals surface area (Å²) in [6.07, 6.45) is 9.44. The monoisotopic (exact) mass is 268 g/mol. The van der Waals surface area contributed by atoms with Crippen LogP contribution in [0.5, 0.6) is 0 Å². The van der Waals surface area contributed by atoms with Gasteiger partial charge in [0.1, 0.15) is 0 Å². The molecular weight excluding hydrogens is 236 g/mol. The minimum atomic E-state index is 0.278. The molecule has 1 aliphatic carbocycles. The lowest BCUT2D eigenvalue weighted by Crippen LogP contribution is -2.56. The molecule has 2 aliphatic rings. The Bertz CT molecular complexity index is 255. The van der Waals surface area contributed by atoms with Gasteiger partial charge in [-0.05, 0) is 57.4 Å². The van der Waals surface area contributed by atoms with Crippen LogP contribution in [0.25, 0.3) is 0 Å². The number of nitrogens with two attached hydrogens (primary N) is 1. The molecule has 1 unspecified atom stereocenters. The predicted molar refractivity (Wildman–Crippen MR) is 80.3 cm³/mol. The van der Waals surface area contributed by atoms with E-state index in [1.165, 1.54) is 44.9 Å². The number of hydrogen-bond donors (Lipinski definition) is 1. The van der Waals surface area contributed by atoms with Crippen molar-refractivity contribution in [1.29, 1.82) is 0 Å². The molecule has 0 aromatic rings. The van der Waals surface area contributed by atoms with Gasteiger partial charge in [0.25, 0.3) is 0 Å². The normalized spacial score (nSPS) is 36.0. The van der Waals surface area contributed by atoms with E-state index < -0.39 is 0 Å². The topological polar surface area (TPSA) is 38.5 Å². The first-order valence-corrected chi connectivity index (χ1v) is 8.27. The fourth-order valence-electron chi connectivity index (χ4n) is 3.85. The van der Waals surface area contributed by atoms with Crippen LogP contribution < -0.4 is 5.73 Å². The van der Waals surface area contributed by atoms with Crippen LogP contribution in [0.4, 0.5) is 0 Å². The molecule has 0 aromatic heterocycles. The van der Waals surface area contributed by atoms with Crippen LogP contribution >= 0.6 is 0 Å². The third-order valence-corrected chi connectivity index (χ3v) is 5.38. The van der Waals surface area contributed by atoms with E-state index in [4.69, 9.17) is 10.5 Å². The molecule has 1 saturated heterocycles. The standard InChI is InChI=1S/C16H32N2O/c1-3-18(11-8-15-5-4-12-19-15)16(13-17)9-6-14(2)7-10-16/h14-15H,3-13,17H2,1-2H3. The first kappa shape index (κ1) is 15.3. The molecule has 0 bridgehead atoms. The Balaban J connectivity index is 1.89. The molecule has 0 spiro atoms. The highest BCUT2D eigenvalue weighted by atomic mass is 16.5. The van der Waals surface area contributed by atoms with Gasteiger partial charge in [0, 0.05) is 25.2 Å². The van der Waals surface area contributed by atoms with Gasteiger partial charge >= 0.3 is 0 Å². The van der Waals surface area contributed by atoms with Crippen LogP contribution in [0.2, 0.25) is 0 Å². The summed E-state index contributed by atoms with van der Waals surface area (Å²) in [5.41, 5.74) is 6.45. The third kappa shape index (κ3) is 3.71. The summed E-state index contributed by atoms with van der Waals surface area (Å²) in [7, 11) is 0. The summed E-state index contributed by atoms with van der Waals surface area (Å²) in [6, 6.07) is 0. The average molecular weight is 268 g/mol. The molecule has 1 aliphatic heterocycles. The van der Waals surface area contributed by atoms with E-state index in [1.807, 2.05) is 0 Å². The van der Waals surface area contributed by atoms with Crippen molar-refractivity contribution in [3.63, 3.8) is 0 Å². The van der Waals surface area contributed by atoms with Gasteiger partial charge in [-0.3, -0.25) is 4.90 Å². The Hall–Kier alpha value is -0.120. The number of rotatable bonds is 6. The Morgan fingerprint density at radius 1 is 1.26 bits per heavy atom. The summed E-state index contributed by atoms with van der Waals surface area (Å²) < 4.78 is 5.76. The van der Waals surface area contributed by atoms with Gasteiger partial charge in [0.15, 0.2) is 0 Å². The molecule has 2 rings (SSSR count). The molecule has 2 N–H and O–H groups in total.